The third-order valence-electron chi connectivity index (χ3n) is 4.40. The predicted octanol–water partition coefficient (Wildman–Crippen LogP) is 4.35. The van der Waals surface area contributed by atoms with E-state index in [-0.39, 0.29) is 23.6 Å². The highest BCUT2D eigenvalue weighted by atomic mass is 19.4. The number of rotatable bonds is 5. The molecule has 154 valence electrons. The highest BCUT2D eigenvalue weighted by molar-refractivity contribution is 6.04. The van der Waals surface area contributed by atoms with Crippen molar-refractivity contribution in [3.8, 4) is 5.88 Å². The van der Waals surface area contributed by atoms with Crippen LogP contribution in [0.3, 0.4) is 0 Å². The Morgan fingerprint density at radius 3 is 2.70 bits per heavy atom. The third kappa shape index (κ3) is 3.84. The minimum Gasteiger partial charge on any atom is -0.481 e. The number of carbonyl (C=O) groups excluding carboxylic acids is 1. The Kier molecular flexibility index (Phi) is 4.90. The Hall–Kier alpha value is -3.82. The Morgan fingerprint density at radius 1 is 1.23 bits per heavy atom. The zero-order chi connectivity index (χ0) is 21.3. The molecule has 30 heavy (non-hydrogen) atoms. The molecule has 10 heteroatoms. The van der Waals surface area contributed by atoms with E-state index in [4.69, 9.17) is 9.15 Å². The lowest BCUT2D eigenvalue weighted by Crippen LogP contribution is -2.16. The second-order valence-electron chi connectivity index (χ2n) is 6.35. The Morgan fingerprint density at radius 2 is 2.07 bits per heavy atom. The molecule has 1 N–H and O–H groups in total. The summed E-state index contributed by atoms with van der Waals surface area (Å²) in [5, 5.41) is 2.63. The lowest BCUT2D eigenvalue weighted by molar-refractivity contribution is -0.137. The van der Waals surface area contributed by atoms with Crippen LogP contribution in [-0.2, 0) is 12.7 Å². The Labute approximate surface area is 168 Å². The zero-order valence-electron chi connectivity index (χ0n) is 15.6. The van der Waals surface area contributed by atoms with Gasteiger partial charge in [0.05, 0.1) is 42.1 Å². The first-order chi connectivity index (χ1) is 14.3. The standard InChI is InChI=1S/C20H15F3N4O3/c1-29-17-7-4-12(10-24-17)18(28)26-19-25-15-9-13(20(21,22)23)5-6-16(15)27(19)11-14-3-2-8-30-14/h2-10H,11H2,1H3,(H,25,26,28). The molecule has 3 aromatic heterocycles. The van der Waals surface area contributed by atoms with Gasteiger partial charge in [0.25, 0.3) is 5.91 Å². The number of nitrogens with zero attached hydrogens (tertiary/aromatic N) is 3. The normalized spacial score (nSPS) is 11.6. The number of hydrogen-bond acceptors (Lipinski definition) is 5. The summed E-state index contributed by atoms with van der Waals surface area (Å²) in [5.41, 5.74) is -0.0691. The third-order valence-corrected chi connectivity index (χ3v) is 4.40. The quantitative estimate of drug-likeness (QED) is 0.523. The van der Waals surface area contributed by atoms with E-state index in [0.717, 1.165) is 12.1 Å². The fourth-order valence-electron chi connectivity index (χ4n) is 2.93. The van der Waals surface area contributed by atoms with Crippen molar-refractivity contribution in [1.29, 1.82) is 0 Å². The molecule has 0 radical (unpaired) electrons. The summed E-state index contributed by atoms with van der Waals surface area (Å²) in [7, 11) is 1.45. The molecule has 0 fully saturated rings. The molecule has 1 amide bonds. The number of ether oxygens (including phenoxy) is 1. The molecule has 0 aliphatic rings. The summed E-state index contributed by atoms with van der Waals surface area (Å²) in [4.78, 5) is 20.8. The molecular formula is C20H15F3N4O3. The minimum absolute atomic E-state index is 0.0848. The molecular weight excluding hydrogens is 401 g/mol. The first kappa shape index (κ1) is 19.5. The average Bonchev–Trinajstić information content (AvgIpc) is 3.35. The number of aromatic nitrogens is 3. The Bertz CT molecular complexity index is 1180. The van der Waals surface area contributed by atoms with Gasteiger partial charge in [0.15, 0.2) is 0 Å². The van der Waals surface area contributed by atoms with Crippen molar-refractivity contribution >= 4 is 22.9 Å². The van der Waals surface area contributed by atoms with Gasteiger partial charge in [0.1, 0.15) is 5.76 Å². The smallest absolute Gasteiger partial charge is 0.416 e. The lowest BCUT2D eigenvalue weighted by Gasteiger charge is -2.09. The van der Waals surface area contributed by atoms with E-state index in [0.29, 0.717) is 17.2 Å². The highest BCUT2D eigenvalue weighted by Crippen LogP contribution is 2.32. The highest BCUT2D eigenvalue weighted by Gasteiger charge is 2.31. The number of anilines is 1. The van der Waals surface area contributed by atoms with Crippen LogP contribution >= 0.6 is 0 Å². The van der Waals surface area contributed by atoms with Gasteiger partial charge >= 0.3 is 6.18 Å². The molecule has 0 unspecified atom stereocenters. The van der Waals surface area contributed by atoms with Crippen molar-refractivity contribution in [3.63, 3.8) is 0 Å². The van der Waals surface area contributed by atoms with Gasteiger partial charge < -0.3 is 13.7 Å². The molecule has 3 heterocycles. The SMILES string of the molecule is COc1ccc(C(=O)Nc2nc3cc(C(F)(F)F)ccc3n2Cc2ccco2)cn1. The number of fused-ring (bicyclic) bond motifs is 1. The van der Waals surface area contributed by atoms with Gasteiger partial charge in [-0.3, -0.25) is 10.1 Å². The first-order valence-electron chi connectivity index (χ1n) is 8.76. The number of amides is 1. The number of imidazole rings is 1. The van der Waals surface area contributed by atoms with E-state index in [1.54, 1.807) is 16.7 Å². The molecule has 0 bridgehead atoms. The van der Waals surface area contributed by atoms with Crippen LogP contribution in [0.5, 0.6) is 5.88 Å². The van der Waals surface area contributed by atoms with E-state index in [1.807, 2.05) is 0 Å². The van der Waals surface area contributed by atoms with Crippen LogP contribution in [-0.4, -0.2) is 27.6 Å². The Balaban J connectivity index is 1.73. The second kappa shape index (κ2) is 7.54. The topological polar surface area (TPSA) is 82.2 Å². The van der Waals surface area contributed by atoms with Gasteiger partial charge in [-0.2, -0.15) is 13.2 Å². The van der Waals surface area contributed by atoms with Crippen LogP contribution in [0, 0.1) is 0 Å². The summed E-state index contributed by atoms with van der Waals surface area (Å²) in [6, 6.07) is 9.68. The largest absolute Gasteiger partial charge is 0.481 e. The summed E-state index contributed by atoms with van der Waals surface area (Å²) in [6.07, 6.45) is -1.69. The fraction of sp³-hybridized carbons (Fsp3) is 0.150. The summed E-state index contributed by atoms with van der Waals surface area (Å²) in [6.45, 7) is 0.172. The van der Waals surface area contributed by atoms with Crippen LogP contribution in [0.4, 0.5) is 19.1 Å². The maximum Gasteiger partial charge on any atom is 0.416 e. The summed E-state index contributed by atoms with van der Waals surface area (Å²) in [5.74, 6) is 0.464. The number of pyridine rings is 1. The molecule has 0 spiro atoms. The van der Waals surface area contributed by atoms with Crippen molar-refractivity contribution in [3.05, 3.63) is 71.8 Å². The van der Waals surface area contributed by atoms with Crippen molar-refractivity contribution < 1.29 is 27.1 Å². The molecule has 0 saturated heterocycles. The maximum absolute atomic E-state index is 13.1. The first-order valence-corrected chi connectivity index (χ1v) is 8.76. The monoisotopic (exact) mass is 416 g/mol. The lowest BCUT2D eigenvalue weighted by atomic mass is 10.2. The van der Waals surface area contributed by atoms with E-state index in [1.165, 1.54) is 37.8 Å². The van der Waals surface area contributed by atoms with E-state index >= 15 is 0 Å². The number of methoxy groups -OCH3 is 1. The number of hydrogen-bond donors (Lipinski definition) is 1. The van der Waals surface area contributed by atoms with Crippen molar-refractivity contribution in [2.45, 2.75) is 12.7 Å². The average molecular weight is 416 g/mol. The van der Waals surface area contributed by atoms with Crippen LogP contribution in [0.15, 0.2) is 59.3 Å². The van der Waals surface area contributed by atoms with Gasteiger partial charge in [-0.15, -0.1) is 0 Å². The number of furan rings is 1. The van der Waals surface area contributed by atoms with Crippen LogP contribution < -0.4 is 10.1 Å². The summed E-state index contributed by atoms with van der Waals surface area (Å²) >= 11 is 0. The predicted molar refractivity (Wildman–Crippen MR) is 101 cm³/mol. The number of benzene rings is 1. The van der Waals surface area contributed by atoms with Crippen LogP contribution in [0.2, 0.25) is 0 Å². The number of nitrogens with one attached hydrogen (secondary N) is 1. The number of halogens is 3. The molecule has 4 aromatic rings. The molecule has 0 aliphatic heterocycles. The molecule has 4 rings (SSSR count). The van der Waals surface area contributed by atoms with Crippen molar-refractivity contribution in [2.24, 2.45) is 0 Å². The van der Waals surface area contributed by atoms with E-state index in [2.05, 4.69) is 15.3 Å². The molecule has 0 aliphatic carbocycles. The zero-order valence-corrected chi connectivity index (χ0v) is 15.6. The van der Waals surface area contributed by atoms with Gasteiger partial charge in [-0.25, -0.2) is 9.97 Å². The maximum atomic E-state index is 13.1. The number of carbonyl (C=O) groups is 1. The second-order valence-corrected chi connectivity index (χ2v) is 6.35. The molecule has 0 atom stereocenters. The molecule has 1 aromatic carbocycles. The fourth-order valence-corrected chi connectivity index (χ4v) is 2.93. The van der Waals surface area contributed by atoms with E-state index in [9.17, 15) is 18.0 Å². The van der Waals surface area contributed by atoms with Gasteiger partial charge in [0.2, 0.25) is 11.8 Å². The molecule has 7 nitrogen and oxygen atoms in total. The van der Waals surface area contributed by atoms with E-state index < -0.39 is 17.6 Å². The number of alkyl halides is 3. The van der Waals surface area contributed by atoms with Gasteiger partial charge in [0, 0.05) is 12.3 Å². The van der Waals surface area contributed by atoms with Crippen molar-refractivity contribution in [1.82, 2.24) is 14.5 Å². The summed E-state index contributed by atoms with van der Waals surface area (Å²) < 4.78 is 51.1. The van der Waals surface area contributed by atoms with Crippen molar-refractivity contribution in [2.75, 3.05) is 12.4 Å². The molecule has 0 saturated carbocycles. The minimum atomic E-state index is -4.50. The van der Waals surface area contributed by atoms with Crippen LogP contribution in [0.1, 0.15) is 21.7 Å². The van der Waals surface area contributed by atoms with Crippen LogP contribution in [0.25, 0.3) is 11.0 Å². The van der Waals surface area contributed by atoms with Gasteiger partial charge in [-0.1, -0.05) is 0 Å². The van der Waals surface area contributed by atoms with Gasteiger partial charge in [-0.05, 0) is 36.4 Å².